The van der Waals surface area contributed by atoms with Crippen LogP contribution in [0.4, 0.5) is 11.4 Å². The standard InChI is InChI=1S/C18H20BrN3O3S/c19-13-3-4-15(22-7-9-25-10-8-22)14(12-13)21-17(23)5-6-20-18(24)16-2-1-11-26-16/h1-4,11-12H,5-10H2,(H,20,24)(H,21,23). The van der Waals surface area contributed by atoms with Gasteiger partial charge in [0.1, 0.15) is 0 Å². The summed E-state index contributed by atoms with van der Waals surface area (Å²) in [4.78, 5) is 27.0. The molecule has 2 heterocycles. The SMILES string of the molecule is O=C(CCNC(=O)c1cccs1)Nc1cc(Br)ccc1N1CCOCC1. The van der Waals surface area contributed by atoms with Crippen molar-refractivity contribution in [1.29, 1.82) is 0 Å². The molecule has 0 unspecified atom stereocenters. The summed E-state index contributed by atoms with van der Waals surface area (Å²) in [6, 6.07) is 9.43. The van der Waals surface area contributed by atoms with Crippen molar-refractivity contribution in [3.05, 3.63) is 45.1 Å². The van der Waals surface area contributed by atoms with E-state index in [0.29, 0.717) is 24.6 Å². The molecule has 0 saturated carbocycles. The number of morpholine rings is 1. The largest absolute Gasteiger partial charge is 0.378 e. The van der Waals surface area contributed by atoms with E-state index in [1.54, 1.807) is 6.07 Å². The molecule has 2 N–H and O–H groups in total. The van der Waals surface area contributed by atoms with E-state index in [2.05, 4.69) is 31.5 Å². The van der Waals surface area contributed by atoms with E-state index < -0.39 is 0 Å². The second kappa shape index (κ2) is 9.16. The van der Waals surface area contributed by atoms with Crippen molar-refractivity contribution in [2.75, 3.05) is 43.1 Å². The van der Waals surface area contributed by atoms with Gasteiger partial charge in [-0.25, -0.2) is 0 Å². The zero-order valence-corrected chi connectivity index (χ0v) is 16.6. The molecule has 6 nitrogen and oxygen atoms in total. The maximum atomic E-state index is 12.3. The summed E-state index contributed by atoms with van der Waals surface area (Å²) in [6.45, 7) is 3.24. The summed E-state index contributed by atoms with van der Waals surface area (Å²) in [7, 11) is 0. The highest BCUT2D eigenvalue weighted by atomic mass is 79.9. The lowest BCUT2D eigenvalue weighted by atomic mass is 10.2. The molecule has 1 aromatic carbocycles. The Hall–Kier alpha value is -1.90. The molecule has 1 fully saturated rings. The predicted octanol–water partition coefficient (Wildman–Crippen LogP) is 3.11. The fourth-order valence-electron chi connectivity index (χ4n) is 2.69. The second-order valence-corrected chi connectivity index (χ2v) is 7.66. The van der Waals surface area contributed by atoms with Crippen LogP contribution in [0, 0.1) is 0 Å². The highest BCUT2D eigenvalue weighted by molar-refractivity contribution is 9.10. The van der Waals surface area contributed by atoms with E-state index in [4.69, 9.17) is 4.74 Å². The van der Waals surface area contributed by atoms with Gasteiger partial charge in [-0.2, -0.15) is 0 Å². The zero-order valence-electron chi connectivity index (χ0n) is 14.2. The van der Waals surface area contributed by atoms with Crippen molar-refractivity contribution in [3.63, 3.8) is 0 Å². The third-order valence-electron chi connectivity index (χ3n) is 3.97. The number of amides is 2. The third-order valence-corrected chi connectivity index (χ3v) is 5.33. The molecule has 1 aromatic heterocycles. The van der Waals surface area contributed by atoms with Gasteiger partial charge in [0.15, 0.2) is 0 Å². The number of hydrogen-bond donors (Lipinski definition) is 2. The first kappa shape index (κ1) is 18.9. The third kappa shape index (κ3) is 5.06. The van der Waals surface area contributed by atoms with Crippen molar-refractivity contribution in [2.24, 2.45) is 0 Å². The highest BCUT2D eigenvalue weighted by Crippen LogP contribution is 2.30. The maximum absolute atomic E-state index is 12.3. The first-order valence-electron chi connectivity index (χ1n) is 8.37. The Bertz CT molecular complexity index is 761. The van der Waals surface area contributed by atoms with E-state index in [-0.39, 0.29) is 18.2 Å². The quantitative estimate of drug-likeness (QED) is 0.728. The number of benzene rings is 1. The van der Waals surface area contributed by atoms with E-state index in [1.165, 1.54) is 11.3 Å². The average Bonchev–Trinajstić information content (AvgIpc) is 3.17. The molecule has 0 aliphatic carbocycles. The zero-order chi connectivity index (χ0) is 18.4. The van der Waals surface area contributed by atoms with E-state index in [1.807, 2.05) is 29.6 Å². The Labute approximate surface area is 164 Å². The molecule has 3 rings (SSSR count). The van der Waals surface area contributed by atoms with E-state index >= 15 is 0 Å². The number of nitrogens with one attached hydrogen (secondary N) is 2. The summed E-state index contributed by atoms with van der Waals surface area (Å²) in [6.07, 6.45) is 0.214. The van der Waals surface area contributed by atoms with Crippen LogP contribution in [0.3, 0.4) is 0 Å². The minimum Gasteiger partial charge on any atom is -0.378 e. The lowest BCUT2D eigenvalue weighted by Crippen LogP contribution is -2.36. The number of anilines is 2. The topological polar surface area (TPSA) is 70.7 Å². The van der Waals surface area contributed by atoms with Gasteiger partial charge in [-0.3, -0.25) is 9.59 Å². The summed E-state index contributed by atoms with van der Waals surface area (Å²) < 4.78 is 6.29. The molecule has 0 bridgehead atoms. The van der Waals surface area contributed by atoms with Gasteiger partial charge in [0, 0.05) is 30.5 Å². The van der Waals surface area contributed by atoms with Gasteiger partial charge in [-0.05, 0) is 29.6 Å². The lowest BCUT2D eigenvalue weighted by molar-refractivity contribution is -0.116. The molecule has 1 aliphatic rings. The Morgan fingerprint density at radius 2 is 2.04 bits per heavy atom. The first-order chi connectivity index (χ1) is 12.6. The highest BCUT2D eigenvalue weighted by Gasteiger charge is 2.16. The number of ether oxygens (including phenoxy) is 1. The molecular weight excluding hydrogens is 418 g/mol. The van der Waals surface area contributed by atoms with Crippen molar-refractivity contribution >= 4 is 50.5 Å². The van der Waals surface area contributed by atoms with Crippen molar-refractivity contribution < 1.29 is 14.3 Å². The number of rotatable bonds is 6. The Balaban J connectivity index is 1.56. The molecule has 0 atom stereocenters. The number of carbonyl (C=O) groups excluding carboxylic acids is 2. The monoisotopic (exact) mass is 437 g/mol. The summed E-state index contributed by atoms with van der Waals surface area (Å²) >= 11 is 4.83. The normalized spacial score (nSPS) is 14.1. The van der Waals surface area contributed by atoms with Crippen LogP contribution in [0.15, 0.2) is 40.2 Å². The molecule has 0 radical (unpaired) electrons. The first-order valence-corrected chi connectivity index (χ1v) is 10.0. The Morgan fingerprint density at radius 3 is 2.77 bits per heavy atom. The van der Waals surface area contributed by atoms with Crippen LogP contribution in [-0.4, -0.2) is 44.7 Å². The van der Waals surface area contributed by atoms with Crippen LogP contribution in [0.2, 0.25) is 0 Å². The minimum absolute atomic E-state index is 0.135. The number of hydrogen-bond acceptors (Lipinski definition) is 5. The van der Waals surface area contributed by atoms with Crippen LogP contribution in [0.1, 0.15) is 16.1 Å². The molecule has 2 amide bonds. The fraction of sp³-hybridized carbons (Fsp3) is 0.333. The van der Waals surface area contributed by atoms with Crippen LogP contribution < -0.4 is 15.5 Å². The average molecular weight is 438 g/mol. The van der Waals surface area contributed by atoms with Gasteiger partial charge in [-0.1, -0.05) is 22.0 Å². The summed E-state index contributed by atoms with van der Waals surface area (Å²) in [5.41, 5.74) is 1.74. The molecule has 26 heavy (non-hydrogen) atoms. The van der Waals surface area contributed by atoms with Crippen molar-refractivity contribution in [3.8, 4) is 0 Å². The Kier molecular flexibility index (Phi) is 6.65. The maximum Gasteiger partial charge on any atom is 0.261 e. The van der Waals surface area contributed by atoms with Gasteiger partial charge in [0.25, 0.3) is 5.91 Å². The van der Waals surface area contributed by atoms with Gasteiger partial charge in [0.2, 0.25) is 5.91 Å². The molecule has 1 saturated heterocycles. The van der Waals surface area contributed by atoms with Crippen LogP contribution in [0.25, 0.3) is 0 Å². The van der Waals surface area contributed by atoms with E-state index in [0.717, 1.165) is 28.9 Å². The number of carbonyl (C=O) groups is 2. The molecule has 1 aliphatic heterocycles. The van der Waals surface area contributed by atoms with Crippen LogP contribution in [0.5, 0.6) is 0 Å². The van der Waals surface area contributed by atoms with Crippen molar-refractivity contribution in [1.82, 2.24) is 5.32 Å². The molecule has 8 heteroatoms. The number of halogens is 1. The van der Waals surface area contributed by atoms with Gasteiger partial charge in [0.05, 0.1) is 29.5 Å². The van der Waals surface area contributed by atoms with Gasteiger partial charge in [-0.15, -0.1) is 11.3 Å². The van der Waals surface area contributed by atoms with Crippen LogP contribution in [-0.2, 0) is 9.53 Å². The fourth-order valence-corrected chi connectivity index (χ4v) is 3.69. The summed E-state index contributed by atoms with van der Waals surface area (Å²) in [5, 5.41) is 7.57. The molecule has 138 valence electrons. The predicted molar refractivity (Wildman–Crippen MR) is 107 cm³/mol. The smallest absolute Gasteiger partial charge is 0.261 e. The molecule has 2 aromatic rings. The van der Waals surface area contributed by atoms with Crippen LogP contribution >= 0.6 is 27.3 Å². The lowest BCUT2D eigenvalue weighted by Gasteiger charge is -2.30. The van der Waals surface area contributed by atoms with E-state index in [9.17, 15) is 9.59 Å². The van der Waals surface area contributed by atoms with Crippen molar-refractivity contribution in [2.45, 2.75) is 6.42 Å². The number of nitrogens with zero attached hydrogens (tertiary/aromatic N) is 1. The Morgan fingerprint density at radius 1 is 1.23 bits per heavy atom. The molecule has 0 spiro atoms. The molecular formula is C18H20BrN3O3S. The van der Waals surface area contributed by atoms with Gasteiger partial charge < -0.3 is 20.3 Å². The summed E-state index contributed by atoms with van der Waals surface area (Å²) in [5.74, 6) is -0.284. The minimum atomic E-state index is -0.149. The second-order valence-electron chi connectivity index (χ2n) is 5.79. The van der Waals surface area contributed by atoms with Gasteiger partial charge >= 0.3 is 0 Å². The number of thiophene rings is 1.